The van der Waals surface area contributed by atoms with Gasteiger partial charge < -0.3 is 9.64 Å². The lowest BCUT2D eigenvalue weighted by atomic mass is 10.0. The van der Waals surface area contributed by atoms with Crippen LogP contribution < -0.4 is 4.90 Å². The third-order valence-corrected chi connectivity index (χ3v) is 6.27. The summed E-state index contributed by atoms with van der Waals surface area (Å²) in [5.41, 5.74) is 3.54. The van der Waals surface area contributed by atoms with Gasteiger partial charge in [0.05, 0.1) is 18.5 Å². The van der Waals surface area contributed by atoms with E-state index in [1.807, 2.05) is 24.6 Å². The molecule has 2 aromatic rings. The van der Waals surface area contributed by atoms with Crippen LogP contribution in [0.3, 0.4) is 0 Å². The van der Waals surface area contributed by atoms with E-state index in [0.717, 1.165) is 42.6 Å². The number of fused-ring (bicyclic) bond motifs is 1. The standard InChI is InChI=1S/C19H24N4O2S/c1-13(17(24)16-7-6-14-4-3-5-15(14)12-16)26-19-21-20-18(22(19)2)23-8-10-25-11-9-23/h6-7,12-13H,3-5,8-11H2,1-2H3. The van der Waals surface area contributed by atoms with Gasteiger partial charge in [-0.15, -0.1) is 10.2 Å². The molecule has 1 unspecified atom stereocenters. The van der Waals surface area contributed by atoms with Crippen molar-refractivity contribution in [3.8, 4) is 0 Å². The molecule has 1 aliphatic carbocycles. The highest BCUT2D eigenvalue weighted by molar-refractivity contribution is 8.00. The smallest absolute Gasteiger partial charge is 0.227 e. The van der Waals surface area contributed by atoms with E-state index in [1.165, 1.54) is 29.3 Å². The van der Waals surface area contributed by atoms with Crippen molar-refractivity contribution >= 4 is 23.5 Å². The van der Waals surface area contributed by atoms with Crippen LogP contribution in [0, 0.1) is 0 Å². The summed E-state index contributed by atoms with van der Waals surface area (Å²) in [6, 6.07) is 6.17. The number of hydrogen-bond acceptors (Lipinski definition) is 6. The Balaban J connectivity index is 1.47. The molecule has 1 aromatic carbocycles. The first-order chi connectivity index (χ1) is 12.6. The minimum atomic E-state index is -0.199. The van der Waals surface area contributed by atoms with Gasteiger partial charge in [-0.05, 0) is 43.4 Å². The van der Waals surface area contributed by atoms with Crippen LogP contribution in [0.5, 0.6) is 0 Å². The first kappa shape index (κ1) is 17.5. The van der Waals surface area contributed by atoms with Crippen LogP contribution in [0.15, 0.2) is 23.4 Å². The van der Waals surface area contributed by atoms with Crippen molar-refractivity contribution in [3.05, 3.63) is 34.9 Å². The highest BCUT2D eigenvalue weighted by Gasteiger charge is 2.23. The van der Waals surface area contributed by atoms with Crippen LogP contribution in [-0.4, -0.2) is 52.1 Å². The number of thioether (sulfide) groups is 1. The predicted molar refractivity (Wildman–Crippen MR) is 102 cm³/mol. The molecule has 1 atom stereocenters. The molecule has 0 amide bonds. The van der Waals surface area contributed by atoms with Gasteiger partial charge in [-0.1, -0.05) is 23.9 Å². The Morgan fingerprint density at radius 1 is 1.19 bits per heavy atom. The van der Waals surface area contributed by atoms with Crippen LogP contribution in [0.25, 0.3) is 0 Å². The number of morpholine rings is 1. The SMILES string of the molecule is CC(Sc1nnc(N2CCOCC2)n1C)C(=O)c1ccc2c(c1)CCC2. The Morgan fingerprint density at radius 2 is 1.96 bits per heavy atom. The molecule has 6 nitrogen and oxygen atoms in total. The number of rotatable bonds is 5. The molecule has 1 fully saturated rings. The first-order valence-corrected chi connectivity index (χ1v) is 10.1. The number of anilines is 1. The number of carbonyl (C=O) groups excluding carboxylic acids is 1. The molecule has 4 rings (SSSR count). The van der Waals surface area contributed by atoms with Crippen LogP contribution in [0.4, 0.5) is 5.95 Å². The van der Waals surface area contributed by atoms with Gasteiger partial charge in [0.2, 0.25) is 5.95 Å². The summed E-state index contributed by atoms with van der Waals surface area (Å²) in [5.74, 6) is 0.994. The van der Waals surface area contributed by atoms with E-state index >= 15 is 0 Å². The molecular formula is C19H24N4O2S. The molecule has 1 aromatic heterocycles. The Labute approximate surface area is 157 Å². The number of aryl methyl sites for hydroxylation is 2. The highest BCUT2D eigenvalue weighted by Crippen LogP contribution is 2.28. The number of Topliss-reactive ketones (excluding diaryl/α,β-unsaturated/α-hetero) is 1. The molecule has 138 valence electrons. The number of ketones is 1. The minimum absolute atomic E-state index is 0.153. The number of aromatic nitrogens is 3. The lowest BCUT2D eigenvalue weighted by molar-refractivity contribution is 0.0993. The fourth-order valence-corrected chi connectivity index (χ4v) is 4.51. The van der Waals surface area contributed by atoms with Crippen LogP contribution in [-0.2, 0) is 24.6 Å². The maximum atomic E-state index is 12.9. The molecule has 0 N–H and O–H groups in total. The quantitative estimate of drug-likeness (QED) is 0.594. The fraction of sp³-hybridized carbons (Fsp3) is 0.526. The van der Waals surface area contributed by atoms with Crippen molar-refractivity contribution in [1.82, 2.24) is 14.8 Å². The summed E-state index contributed by atoms with van der Waals surface area (Å²) in [6.45, 7) is 5.01. The van der Waals surface area contributed by atoms with Crippen molar-refractivity contribution in [1.29, 1.82) is 0 Å². The molecule has 2 aliphatic rings. The number of carbonyl (C=O) groups is 1. The van der Waals surface area contributed by atoms with Gasteiger partial charge >= 0.3 is 0 Å². The van der Waals surface area contributed by atoms with E-state index in [1.54, 1.807) is 0 Å². The molecule has 0 saturated carbocycles. The monoisotopic (exact) mass is 372 g/mol. The van der Waals surface area contributed by atoms with Gasteiger partial charge in [0, 0.05) is 25.7 Å². The molecule has 1 aliphatic heterocycles. The van der Waals surface area contributed by atoms with Gasteiger partial charge in [-0.3, -0.25) is 9.36 Å². The Bertz CT molecular complexity index is 814. The predicted octanol–water partition coefficient (Wildman–Crippen LogP) is 2.50. The van der Waals surface area contributed by atoms with Crippen molar-refractivity contribution in [2.24, 2.45) is 7.05 Å². The average Bonchev–Trinajstić information content (AvgIpc) is 3.28. The lowest BCUT2D eigenvalue weighted by Crippen LogP contribution is -2.37. The van der Waals surface area contributed by atoms with Crippen molar-refractivity contribution in [2.45, 2.75) is 36.6 Å². The zero-order valence-electron chi connectivity index (χ0n) is 15.3. The van der Waals surface area contributed by atoms with Crippen LogP contribution >= 0.6 is 11.8 Å². The summed E-state index contributed by atoms with van der Waals surface area (Å²) in [5, 5.41) is 9.20. The normalized spacial score (nSPS) is 18.0. The molecule has 7 heteroatoms. The van der Waals surface area contributed by atoms with Gasteiger partial charge in [0.25, 0.3) is 0 Å². The van der Waals surface area contributed by atoms with Gasteiger partial charge in [0.15, 0.2) is 10.9 Å². The second kappa shape index (κ2) is 7.40. The van der Waals surface area contributed by atoms with Crippen molar-refractivity contribution in [3.63, 3.8) is 0 Å². The van der Waals surface area contributed by atoms with E-state index in [0.29, 0.717) is 13.2 Å². The van der Waals surface area contributed by atoms with Gasteiger partial charge in [-0.2, -0.15) is 0 Å². The lowest BCUT2D eigenvalue weighted by Gasteiger charge is -2.27. The second-order valence-electron chi connectivity index (χ2n) is 6.90. The third-order valence-electron chi connectivity index (χ3n) is 5.14. The summed E-state index contributed by atoms with van der Waals surface area (Å²) in [6.07, 6.45) is 3.42. The Hall–Kier alpha value is -1.86. The molecule has 0 spiro atoms. The topological polar surface area (TPSA) is 60.2 Å². The number of hydrogen-bond donors (Lipinski definition) is 0. The highest BCUT2D eigenvalue weighted by atomic mass is 32.2. The number of ether oxygens (including phenoxy) is 1. The third kappa shape index (κ3) is 3.38. The number of nitrogens with zero attached hydrogens (tertiary/aromatic N) is 4. The molecule has 1 saturated heterocycles. The number of benzene rings is 1. The molecule has 26 heavy (non-hydrogen) atoms. The largest absolute Gasteiger partial charge is 0.378 e. The maximum absolute atomic E-state index is 12.9. The maximum Gasteiger partial charge on any atom is 0.227 e. The summed E-state index contributed by atoms with van der Waals surface area (Å²) in [7, 11) is 1.96. The molecular weight excluding hydrogens is 348 g/mol. The average molecular weight is 372 g/mol. The Kier molecular flexibility index (Phi) is 5.00. The van der Waals surface area contributed by atoms with Crippen LogP contribution in [0.2, 0.25) is 0 Å². The van der Waals surface area contributed by atoms with Crippen LogP contribution in [0.1, 0.15) is 34.8 Å². The Morgan fingerprint density at radius 3 is 2.77 bits per heavy atom. The van der Waals surface area contributed by atoms with Crippen molar-refractivity contribution in [2.75, 3.05) is 31.2 Å². The van der Waals surface area contributed by atoms with E-state index in [-0.39, 0.29) is 11.0 Å². The second-order valence-corrected chi connectivity index (χ2v) is 8.21. The fourth-order valence-electron chi connectivity index (χ4n) is 3.62. The molecule has 0 bridgehead atoms. The van der Waals surface area contributed by atoms with E-state index in [9.17, 15) is 4.79 Å². The molecule has 2 heterocycles. The van der Waals surface area contributed by atoms with E-state index in [2.05, 4.69) is 27.2 Å². The van der Waals surface area contributed by atoms with Gasteiger partial charge in [-0.25, -0.2) is 0 Å². The summed E-state index contributed by atoms with van der Waals surface area (Å²) < 4.78 is 7.37. The van der Waals surface area contributed by atoms with Crippen molar-refractivity contribution < 1.29 is 9.53 Å². The zero-order chi connectivity index (χ0) is 18.1. The van der Waals surface area contributed by atoms with Gasteiger partial charge in [0.1, 0.15) is 0 Å². The van der Waals surface area contributed by atoms with E-state index in [4.69, 9.17) is 4.74 Å². The van der Waals surface area contributed by atoms with E-state index < -0.39 is 0 Å². The summed E-state index contributed by atoms with van der Waals surface area (Å²) >= 11 is 1.47. The minimum Gasteiger partial charge on any atom is -0.378 e. The first-order valence-electron chi connectivity index (χ1n) is 9.18. The molecule has 0 radical (unpaired) electrons. The zero-order valence-corrected chi connectivity index (χ0v) is 16.1. The summed E-state index contributed by atoms with van der Waals surface area (Å²) in [4.78, 5) is 15.0.